The first-order valence-corrected chi connectivity index (χ1v) is 7.61. The first-order chi connectivity index (χ1) is 9.26. The van der Waals surface area contributed by atoms with Crippen LogP contribution in [0.5, 0.6) is 0 Å². The third kappa shape index (κ3) is 7.48. The van der Waals surface area contributed by atoms with Crippen molar-refractivity contribution in [2.75, 3.05) is 19.6 Å². The monoisotopic (exact) mass is 282 g/mol. The second-order valence-electron chi connectivity index (χ2n) is 6.87. The van der Waals surface area contributed by atoms with Crippen molar-refractivity contribution >= 4 is 11.7 Å². The number of carbonyl (C=O) groups is 1. The molecule has 0 aromatic rings. The fourth-order valence-corrected chi connectivity index (χ4v) is 2.44. The van der Waals surface area contributed by atoms with Crippen molar-refractivity contribution in [3.63, 3.8) is 0 Å². The predicted octanol–water partition coefficient (Wildman–Crippen LogP) is 2.37. The van der Waals surface area contributed by atoms with Gasteiger partial charge in [0.1, 0.15) is 0 Å². The molecule has 0 aromatic heterocycles. The van der Waals surface area contributed by atoms with E-state index in [1.807, 2.05) is 27.7 Å². The molecule has 3 N–H and O–H groups in total. The molecule has 5 heteroatoms. The smallest absolute Gasteiger partial charge is 0.315 e. The molecule has 0 bridgehead atoms. The van der Waals surface area contributed by atoms with Crippen molar-refractivity contribution in [3.05, 3.63) is 0 Å². The summed E-state index contributed by atoms with van der Waals surface area (Å²) >= 11 is 0. The van der Waals surface area contributed by atoms with Gasteiger partial charge in [-0.3, -0.25) is 0 Å². The van der Waals surface area contributed by atoms with Crippen molar-refractivity contribution in [3.8, 4) is 0 Å². The zero-order valence-corrected chi connectivity index (χ0v) is 13.4. The summed E-state index contributed by atoms with van der Waals surface area (Å²) in [6.45, 7) is 10.9. The summed E-state index contributed by atoms with van der Waals surface area (Å²) in [6.07, 6.45) is 4.16. The second kappa shape index (κ2) is 7.62. The Kier molecular flexibility index (Phi) is 6.46. The Bertz CT molecular complexity index is 335. The molecule has 0 saturated carbocycles. The van der Waals surface area contributed by atoms with Crippen LogP contribution in [0.4, 0.5) is 4.79 Å². The van der Waals surface area contributed by atoms with E-state index in [4.69, 9.17) is 5.41 Å². The summed E-state index contributed by atoms with van der Waals surface area (Å²) in [7, 11) is 0. The minimum atomic E-state index is -0.188. The molecule has 0 radical (unpaired) electrons. The largest absolute Gasteiger partial charge is 0.334 e. The van der Waals surface area contributed by atoms with E-state index < -0.39 is 0 Å². The van der Waals surface area contributed by atoms with E-state index in [0.717, 1.165) is 51.0 Å². The first-order valence-electron chi connectivity index (χ1n) is 7.61. The number of urea groups is 1. The molecular weight excluding hydrogens is 252 g/mol. The van der Waals surface area contributed by atoms with Crippen LogP contribution < -0.4 is 10.6 Å². The van der Waals surface area contributed by atoms with Gasteiger partial charge in [-0.2, -0.15) is 0 Å². The highest BCUT2D eigenvalue weighted by Gasteiger charge is 2.24. The highest BCUT2D eigenvalue weighted by molar-refractivity contribution is 5.78. The highest BCUT2D eigenvalue weighted by Crippen LogP contribution is 2.11. The fourth-order valence-electron chi connectivity index (χ4n) is 2.44. The van der Waals surface area contributed by atoms with Crippen LogP contribution in [0, 0.1) is 5.41 Å². The number of hydrogen-bond acceptors (Lipinski definition) is 3. The molecule has 1 fully saturated rings. The molecule has 1 rings (SSSR count). The number of nitrogens with zero attached hydrogens (tertiary/aromatic N) is 1. The van der Waals surface area contributed by atoms with Crippen molar-refractivity contribution in [2.24, 2.45) is 0 Å². The maximum Gasteiger partial charge on any atom is 0.315 e. The number of rotatable bonds is 6. The molecular formula is C15H30N4O. The average molecular weight is 282 g/mol. The van der Waals surface area contributed by atoms with Gasteiger partial charge in [0, 0.05) is 30.4 Å². The lowest BCUT2D eigenvalue weighted by Gasteiger charge is -2.23. The maximum absolute atomic E-state index is 11.8. The predicted molar refractivity (Wildman–Crippen MR) is 83.5 cm³/mol. The molecule has 2 amide bonds. The van der Waals surface area contributed by atoms with Gasteiger partial charge < -0.3 is 20.9 Å². The Morgan fingerprint density at radius 3 is 2.65 bits per heavy atom. The lowest BCUT2D eigenvalue weighted by molar-refractivity contribution is 0.227. The molecule has 5 nitrogen and oxygen atoms in total. The van der Waals surface area contributed by atoms with Crippen molar-refractivity contribution in [1.82, 2.24) is 15.5 Å². The molecule has 0 unspecified atom stereocenters. The van der Waals surface area contributed by atoms with Crippen LogP contribution >= 0.6 is 0 Å². The van der Waals surface area contributed by atoms with Crippen molar-refractivity contribution in [2.45, 2.75) is 65.0 Å². The van der Waals surface area contributed by atoms with Gasteiger partial charge in [-0.25, -0.2) is 4.79 Å². The molecule has 1 heterocycles. The third-order valence-corrected chi connectivity index (χ3v) is 3.37. The fraction of sp³-hybridized carbons (Fsp3) is 0.867. The van der Waals surface area contributed by atoms with E-state index in [1.54, 1.807) is 0 Å². The Morgan fingerprint density at radius 1 is 1.35 bits per heavy atom. The molecule has 1 aliphatic rings. The maximum atomic E-state index is 11.8. The molecule has 0 aromatic carbocycles. The minimum absolute atomic E-state index is 0.0659. The zero-order valence-electron chi connectivity index (χ0n) is 13.4. The standard InChI is InChI=1S/C15H30N4O/c1-12(16)7-5-6-9-19-10-8-13(11-19)17-14(20)18-15(2,3)4/h13,16H,5-11H2,1-4H3,(H2,17,18,20)/t13-/m0/s1. The van der Waals surface area contributed by atoms with Gasteiger partial charge in [0.05, 0.1) is 0 Å². The zero-order chi connectivity index (χ0) is 15.2. The summed E-state index contributed by atoms with van der Waals surface area (Å²) < 4.78 is 0. The lowest BCUT2D eigenvalue weighted by atomic mass is 10.1. The molecule has 0 spiro atoms. The van der Waals surface area contributed by atoms with Gasteiger partial charge in [0.25, 0.3) is 0 Å². The van der Waals surface area contributed by atoms with Crippen molar-refractivity contribution in [1.29, 1.82) is 5.41 Å². The molecule has 0 aliphatic carbocycles. The number of amides is 2. The molecule has 116 valence electrons. The first kappa shape index (κ1) is 17.0. The number of nitrogens with one attached hydrogen (secondary N) is 3. The van der Waals surface area contributed by atoms with Crippen LogP contribution in [-0.2, 0) is 0 Å². The molecule has 20 heavy (non-hydrogen) atoms. The van der Waals surface area contributed by atoms with Crippen LogP contribution in [0.15, 0.2) is 0 Å². The van der Waals surface area contributed by atoms with Gasteiger partial charge >= 0.3 is 6.03 Å². The van der Waals surface area contributed by atoms with E-state index in [9.17, 15) is 4.79 Å². The van der Waals surface area contributed by atoms with Gasteiger partial charge in [-0.1, -0.05) is 0 Å². The highest BCUT2D eigenvalue weighted by atomic mass is 16.2. The van der Waals surface area contributed by atoms with E-state index in [0.29, 0.717) is 0 Å². The summed E-state index contributed by atoms with van der Waals surface area (Å²) in [4.78, 5) is 14.2. The van der Waals surface area contributed by atoms with Crippen LogP contribution in [0.25, 0.3) is 0 Å². The second-order valence-corrected chi connectivity index (χ2v) is 6.87. The molecule has 1 aliphatic heterocycles. The number of hydrogen-bond donors (Lipinski definition) is 3. The van der Waals surface area contributed by atoms with E-state index in [2.05, 4.69) is 15.5 Å². The summed E-state index contributed by atoms with van der Waals surface area (Å²) in [5, 5.41) is 13.4. The Hall–Kier alpha value is -1.10. The summed E-state index contributed by atoms with van der Waals surface area (Å²) in [5.41, 5.74) is 0.581. The minimum Gasteiger partial charge on any atom is -0.334 e. The van der Waals surface area contributed by atoms with Gasteiger partial charge in [0.15, 0.2) is 0 Å². The molecule has 1 atom stereocenters. The average Bonchev–Trinajstić information content (AvgIpc) is 2.69. The Labute approximate surface area is 123 Å². The summed E-state index contributed by atoms with van der Waals surface area (Å²) in [6, 6.07) is 0.200. The van der Waals surface area contributed by atoms with Gasteiger partial charge in [-0.15, -0.1) is 0 Å². The summed E-state index contributed by atoms with van der Waals surface area (Å²) in [5.74, 6) is 0. The normalized spacial score (nSPS) is 19.9. The third-order valence-electron chi connectivity index (χ3n) is 3.37. The number of unbranched alkanes of at least 4 members (excludes halogenated alkanes) is 1. The SMILES string of the molecule is CC(=N)CCCCN1CC[C@H](NC(=O)NC(C)(C)C)C1. The Morgan fingerprint density at radius 2 is 2.05 bits per heavy atom. The topological polar surface area (TPSA) is 68.2 Å². The number of carbonyl (C=O) groups excluding carboxylic acids is 1. The Balaban J connectivity index is 2.16. The van der Waals surface area contributed by atoms with E-state index in [1.165, 1.54) is 0 Å². The van der Waals surface area contributed by atoms with Crippen molar-refractivity contribution < 1.29 is 4.79 Å². The van der Waals surface area contributed by atoms with Crippen LogP contribution in [-0.4, -0.2) is 47.9 Å². The van der Waals surface area contributed by atoms with Crippen LogP contribution in [0.2, 0.25) is 0 Å². The molecule has 1 saturated heterocycles. The van der Waals surface area contributed by atoms with Crippen LogP contribution in [0.3, 0.4) is 0 Å². The van der Waals surface area contributed by atoms with E-state index in [-0.39, 0.29) is 17.6 Å². The van der Waals surface area contributed by atoms with Crippen LogP contribution in [0.1, 0.15) is 53.4 Å². The van der Waals surface area contributed by atoms with Gasteiger partial charge in [-0.05, 0) is 59.9 Å². The van der Waals surface area contributed by atoms with E-state index >= 15 is 0 Å². The quantitative estimate of drug-likeness (QED) is 0.517. The van der Waals surface area contributed by atoms with Gasteiger partial charge in [0.2, 0.25) is 0 Å². The number of likely N-dealkylation sites (tertiary alicyclic amines) is 1. The lowest BCUT2D eigenvalue weighted by Crippen LogP contribution is -2.50.